The standard InChI is InChI=1S/C6H14N2.2ClH/c1-8(2)6-3-4-7-5-6;;/h6-7H,3-5H2,1-2H3;2*1H/t6-;;/m0../s1. The van der Waals surface area contributed by atoms with E-state index in [4.69, 9.17) is 0 Å². The molecule has 2 nitrogen and oxygen atoms in total. The zero-order valence-corrected chi connectivity index (χ0v) is 8.10. The van der Waals surface area contributed by atoms with Gasteiger partial charge in [0.1, 0.15) is 0 Å². The van der Waals surface area contributed by atoms with Crippen molar-refractivity contribution >= 4 is 24.8 Å². The van der Waals surface area contributed by atoms with Crippen molar-refractivity contribution in [2.24, 2.45) is 0 Å². The Balaban J connectivity index is 0. The first-order valence-corrected chi connectivity index (χ1v) is 3.18. The summed E-state index contributed by atoms with van der Waals surface area (Å²) in [5, 5.41) is 3.31. The van der Waals surface area contributed by atoms with Crippen molar-refractivity contribution in [1.29, 1.82) is 0 Å². The number of likely N-dealkylation sites (N-methyl/N-ethyl adjacent to an activating group) is 1. The van der Waals surface area contributed by atoms with Crippen LogP contribution in [0.5, 0.6) is 0 Å². The lowest BCUT2D eigenvalue weighted by Gasteiger charge is -2.16. The molecule has 0 spiro atoms. The van der Waals surface area contributed by atoms with Gasteiger partial charge in [-0.05, 0) is 27.1 Å². The number of hydrogen-bond donors (Lipinski definition) is 1. The van der Waals surface area contributed by atoms with E-state index in [0.717, 1.165) is 6.04 Å². The van der Waals surface area contributed by atoms with Crippen molar-refractivity contribution in [2.75, 3.05) is 27.2 Å². The zero-order valence-electron chi connectivity index (χ0n) is 6.46. The topological polar surface area (TPSA) is 15.3 Å². The van der Waals surface area contributed by atoms with E-state index in [2.05, 4.69) is 24.3 Å². The fourth-order valence-corrected chi connectivity index (χ4v) is 1.08. The third-order valence-electron chi connectivity index (χ3n) is 1.76. The van der Waals surface area contributed by atoms with Gasteiger partial charge in [0.2, 0.25) is 0 Å². The Morgan fingerprint density at radius 3 is 2.10 bits per heavy atom. The maximum absolute atomic E-state index is 3.31. The summed E-state index contributed by atoms with van der Waals surface area (Å²) in [4.78, 5) is 2.28. The maximum atomic E-state index is 3.31. The average Bonchev–Trinajstić information content (AvgIpc) is 2.12. The molecule has 1 heterocycles. The molecular weight excluding hydrogens is 171 g/mol. The second-order valence-corrected chi connectivity index (χ2v) is 2.61. The second-order valence-electron chi connectivity index (χ2n) is 2.61. The lowest BCUT2D eigenvalue weighted by molar-refractivity contribution is 0.313. The summed E-state index contributed by atoms with van der Waals surface area (Å²) in [6, 6.07) is 0.787. The Hall–Kier alpha value is 0.500. The zero-order chi connectivity index (χ0) is 5.98. The Morgan fingerprint density at radius 2 is 1.90 bits per heavy atom. The molecule has 4 heteroatoms. The summed E-state index contributed by atoms with van der Waals surface area (Å²) in [5.41, 5.74) is 0. The molecule has 0 aromatic rings. The summed E-state index contributed by atoms with van der Waals surface area (Å²) in [6.45, 7) is 2.37. The highest BCUT2D eigenvalue weighted by Gasteiger charge is 2.14. The summed E-state index contributed by atoms with van der Waals surface area (Å²) in [6.07, 6.45) is 1.31. The molecule has 1 atom stereocenters. The van der Waals surface area contributed by atoms with Gasteiger partial charge in [-0.1, -0.05) is 0 Å². The van der Waals surface area contributed by atoms with Gasteiger partial charge < -0.3 is 10.2 Å². The second kappa shape index (κ2) is 6.23. The highest BCUT2D eigenvalue weighted by molar-refractivity contribution is 5.85. The summed E-state index contributed by atoms with van der Waals surface area (Å²) < 4.78 is 0. The van der Waals surface area contributed by atoms with E-state index in [-0.39, 0.29) is 24.8 Å². The minimum absolute atomic E-state index is 0. The van der Waals surface area contributed by atoms with Crippen LogP contribution in [0.2, 0.25) is 0 Å². The van der Waals surface area contributed by atoms with E-state index >= 15 is 0 Å². The van der Waals surface area contributed by atoms with Gasteiger partial charge in [-0.25, -0.2) is 0 Å². The number of rotatable bonds is 1. The van der Waals surface area contributed by atoms with Crippen LogP contribution >= 0.6 is 24.8 Å². The molecule has 0 bridgehead atoms. The third kappa shape index (κ3) is 3.62. The smallest absolute Gasteiger partial charge is 0.0226 e. The van der Waals surface area contributed by atoms with E-state index in [0.29, 0.717) is 0 Å². The largest absolute Gasteiger partial charge is 0.315 e. The van der Waals surface area contributed by atoms with Crippen LogP contribution in [0.3, 0.4) is 0 Å². The molecule has 1 fully saturated rings. The van der Waals surface area contributed by atoms with Crippen LogP contribution in [0.15, 0.2) is 0 Å². The first-order chi connectivity index (χ1) is 3.80. The van der Waals surface area contributed by atoms with Crippen LogP contribution in [0, 0.1) is 0 Å². The van der Waals surface area contributed by atoms with Crippen molar-refractivity contribution in [3.8, 4) is 0 Å². The van der Waals surface area contributed by atoms with Crippen molar-refractivity contribution in [3.05, 3.63) is 0 Å². The van der Waals surface area contributed by atoms with Crippen LogP contribution < -0.4 is 5.32 Å². The van der Waals surface area contributed by atoms with Gasteiger partial charge in [-0.3, -0.25) is 0 Å². The van der Waals surface area contributed by atoms with Gasteiger partial charge in [0, 0.05) is 12.6 Å². The molecule has 1 N–H and O–H groups in total. The van der Waals surface area contributed by atoms with Crippen molar-refractivity contribution in [2.45, 2.75) is 12.5 Å². The van der Waals surface area contributed by atoms with Crippen molar-refractivity contribution in [3.63, 3.8) is 0 Å². The molecule has 0 aromatic heterocycles. The number of halogens is 2. The molecule has 64 valence electrons. The van der Waals surface area contributed by atoms with E-state index in [1.807, 2.05) is 0 Å². The molecule has 0 amide bonds. The summed E-state index contributed by atoms with van der Waals surface area (Å²) in [5.74, 6) is 0. The minimum Gasteiger partial charge on any atom is -0.315 e. The first kappa shape index (κ1) is 13.1. The number of nitrogens with zero attached hydrogens (tertiary/aromatic N) is 1. The van der Waals surface area contributed by atoms with Crippen LogP contribution in [0.25, 0.3) is 0 Å². The predicted molar refractivity (Wildman–Crippen MR) is 49.5 cm³/mol. The molecule has 0 radical (unpaired) electrons. The van der Waals surface area contributed by atoms with Crippen LogP contribution in [0.4, 0.5) is 0 Å². The molecule has 1 saturated heterocycles. The molecular formula is C6H16Cl2N2. The first-order valence-electron chi connectivity index (χ1n) is 3.18. The minimum atomic E-state index is 0. The maximum Gasteiger partial charge on any atom is 0.0226 e. The highest BCUT2D eigenvalue weighted by atomic mass is 35.5. The Labute approximate surface area is 75.2 Å². The molecule has 1 aliphatic heterocycles. The van der Waals surface area contributed by atoms with Gasteiger partial charge in [-0.15, -0.1) is 24.8 Å². The van der Waals surface area contributed by atoms with Crippen LogP contribution in [-0.4, -0.2) is 38.1 Å². The number of hydrogen-bond acceptors (Lipinski definition) is 2. The van der Waals surface area contributed by atoms with E-state index in [1.165, 1.54) is 19.5 Å². The van der Waals surface area contributed by atoms with Gasteiger partial charge in [0.05, 0.1) is 0 Å². The monoisotopic (exact) mass is 186 g/mol. The molecule has 0 aromatic carbocycles. The quantitative estimate of drug-likeness (QED) is 0.651. The van der Waals surface area contributed by atoms with Crippen molar-refractivity contribution in [1.82, 2.24) is 10.2 Å². The van der Waals surface area contributed by atoms with Gasteiger partial charge in [0.25, 0.3) is 0 Å². The van der Waals surface area contributed by atoms with E-state index in [9.17, 15) is 0 Å². The molecule has 1 rings (SSSR count). The molecule has 0 unspecified atom stereocenters. The fourth-order valence-electron chi connectivity index (χ4n) is 1.08. The fraction of sp³-hybridized carbons (Fsp3) is 1.00. The Kier molecular flexibility index (Phi) is 8.17. The molecule has 10 heavy (non-hydrogen) atoms. The van der Waals surface area contributed by atoms with Gasteiger partial charge in [0.15, 0.2) is 0 Å². The Morgan fingerprint density at radius 1 is 1.30 bits per heavy atom. The van der Waals surface area contributed by atoms with Gasteiger partial charge >= 0.3 is 0 Å². The Bertz CT molecular complexity index is 72.1. The molecule has 0 aliphatic carbocycles. The van der Waals surface area contributed by atoms with E-state index in [1.54, 1.807) is 0 Å². The average molecular weight is 187 g/mol. The van der Waals surface area contributed by atoms with Gasteiger partial charge in [-0.2, -0.15) is 0 Å². The normalized spacial score (nSPS) is 23.7. The van der Waals surface area contributed by atoms with E-state index < -0.39 is 0 Å². The summed E-state index contributed by atoms with van der Waals surface area (Å²) in [7, 11) is 4.27. The highest BCUT2D eigenvalue weighted by Crippen LogP contribution is 2.01. The SMILES string of the molecule is CN(C)[C@H]1CCNC1.Cl.Cl. The lowest BCUT2D eigenvalue weighted by atomic mass is 10.2. The number of nitrogens with one attached hydrogen (secondary N) is 1. The van der Waals surface area contributed by atoms with Crippen LogP contribution in [-0.2, 0) is 0 Å². The predicted octanol–water partition coefficient (Wildman–Crippen LogP) is 0.753. The van der Waals surface area contributed by atoms with Crippen LogP contribution in [0.1, 0.15) is 6.42 Å². The third-order valence-corrected chi connectivity index (χ3v) is 1.76. The molecule has 0 saturated carbocycles. The summed E-state index contributed by atoms with van der Waals surface area (Å²) >= 11 is 0. The lowest BCUT2D eigenvalue weighted by Crippen LogP contribution is -2.29. The van der Waals surface area contributed by atoms with Crippen molar-refractivity contribution < 1.29 is 0 Å². The molecule has 1 aliphatic rings.